The maximum atomic E-state index is 13.6. The lowest BCUT2D eigenvalue weighted by molar-refractivity contribution is -0.113. The molecule has 2 aromatic carbocycles. The first-order valence-corrected chi connectivity index (χ1v) is 9.21. The van der Waals surface area contributed by atoms with Crippen molar-refractivity contribution in [1.82, 2.24) is 10.2 Å². The van der Waals surface area contributed by atoms with Gasteiger partial charge in [0.05, 0.1) is 17.4 Å². The highest BCUT2D eigenvalue weighted by atomic mass is 32.2. The van der Waals surface area contributed by atoms with E-state index >= 15 is 0 Å². The first kappa shape index (κ1) is 19.4. The van der Waals surface area contributed by atoms with Gasteiger partial charge in [-0.05, 0) is 43.3 Å². The topological polar surface area (TPSA) is 101 Å². The average Bonchev–Trinajstić information content (AvgIpc) is 3.18. The predicted octanol–water partition coefficient (Wildman–Crippen LogP) is 3.95. The largest absolute Gasteiger partial charge is 0.478 e. The number of nitriles is 1. The number of anilines is 1. The van der Waals surface area contributed by atoms with Crippen molar-refractivity contribution in [3.8, 4) is 11.8 Å². The summed E-state index contributed by atoms with van der Waals surface area (Å²) in [5.41, 5.74) is 1.10. The van der Waals surface area contributed by atoms with Crippen LogP contribution < -0.4 is 10.1 Å². The number of nitrogens with zero attached hydrogens (tertiary/aromatic N) is 3. The number of ether oxygens (including phenoxy) is 1. The molecule has 0 radical (unpaired) electrons. The Labute approximate surface area is 164 Å². The van der Waals surface area contributed by atoms with Crippen LogP contribution in [0, 0.1) is 17.1 Å². The van der Waals surface area contributed by atoms with Gasteiger partial charge in [-0.25, -0.2) is 4.39 Å². The summed E-state index contributed by atoms with van der Waals surface area (Å²) in [4.78, 5) is 12.0. The van der Waals surface area contributed by atoms with Crippen molar-refractivity contribution in [2.24, 2.45) is 0 Å². The second-order valence-corrected chi connectivity index (χ2v) is 6.55. The van der Waals surface area contributed by atoms with Crippen molar-refractivity contribution >= 4 is 23.4 Å². The van der Waals surface area contributed by atoms with E-state index in [1.165, 1.54) is 12.1 Å². The summed E-state index contributed by atoms with van der Waals surface area (Å²) in [6.45, 7) is 1.66. The highest BCUT2D eigenvalue weighted by molar-refractivity contribution is 7.99. The molecule has 0 aliphatic rings. The van der Waals surface area contributed by atoms with Gasteiger partial charge in [-0.2, -0.15) is 5.26 Å². The van der Waals surface area contributed by atoms with E-state index in [1.807, 2.05) is 6.07 Å². The van der Waals surface area contributed by atoms with Gasteiger partial charge in [0.15, 0.2) is 17.7 Å². The number of carbonyl (C=O) groups is 1. The number of hydrogen-bond donors (Lipinski definition) is 1. The number of para-hydroxylation sites is 1. The fourth-order valence-corrected chi connectivity index (χ4v) is 2.75. The number of halogens is 1. The van der Waals surface area contributed by atoms with Crippen LogP contribution in [0.25, 0.3) is 0 Å². The highest BCUT2D eigenvalue weighted by Gasteiger charge is 2.18. The third-order valence-electron chi connectivity index (χ3n) is 3.53. The van der Waals surface area contributed by atoms with Gasteiger partial charge in [-0.3, -0.25) is 4.79 Å². The van der Waals surface area contributed by atoms with Gasteiger partial charge in [-0.15, -0.1) is 10.2 Å². The minimum Gasteiger partial charge on any atom is -0.478 e. The molecule has 0 saturated carbocycles. The van der Waals surface area contributed by atoms with E-state index in [4.69, 9.17) is 14.4 Å². The molecule has 0 saturated heterocycles. The number of thioether (sulfide) groups is 1. The second-order valence-electron chi connectivity index (χ2n) is 5.62. The SMILES string of the molecule is C[C@@H](Oc1ccccc1F)c1nnc(SCC(=O)Nc2ccc(C#N)cc2)o1. The fraction of sp³-hybridized carbons (Fsp3) is 0.158. The molecule has 9 heteroatoms. The Hall–Kier alpha value is -3.38. The number of nitrogens with one attached hydrogen (secondary N) is 1. The van der Waals surface area contributed by atoms with Gasteiger partial charge in [0.2, 0.25) is 5.91 Å². The van der Waals surface area contributed by atoms with Crippen LogP contribution in [-0.2, 0) is 4.79 Å². The number of amides is 1. The molecular weight excluding hydrogens is 383 g/mol. The van der Waals surface area contributed by atoms with Gasteiger partial charge in [-0.1, -0.05) is 23.9 Å². The lowest BCUT2D eigenvalue weighted by Gasteiger charge is -2.11. The zero-order valence-corrected chi connectivity index (χ0v) is 15.6. The first-order valence-electron chi connectivity index (χ1n) is 8.22. The van der Waals surface area contributed by atoms with Gasteiger partial charge < -0.3 is 14.5 Å². The monoisotopic (exact) mass is 398 g/mol. The molecule has 3 aromatic rings. The summed E-state index contributed by atoms with van der Waals surface area (Å²) < 4.78 is 24.6. The Morgan fingerprint density at radius 2 is 2.04 bits per heavy atom. The van der Waals surface area contributed by atoms with E-state index in [0.717, 1.165) is 11.8 Å². The van der Waals surface area contributed by atoms with Gasteiger partial charge in [0, 0.05) is 5.69 Å². The zero-order chi connectivity index (χ0) is 19.9. The summed E-state index contributed by atoms with van der Waals surface area (Å²) >= 11 is 1.07. The van der Waals surface area contributed by atoms with Gasteiger partial charge in [0.25, 0.3) is 11.1 Å². The third kappa shape index (κ3) is 5.08. The number of rotatable bonds is 7. The van der Waals surface area contributed by atoms with Crippen LogP contribution in [0.3, 0.4) is 0 Å². The van der Waals surface area contributed by atoms with Gasteiger partial charge >= 0.3 is 0 Å². The predicted molar refractivity (Wildman–Crippen MR) is 100 cm³/mol. The minimum atomic E-state index is -0.647. The van der Waals surface area contributed by atoms with Crippen LogP contribution in [0.1, 0.15) is 24.5 Å². The maximum absolute atomic E-state index is 13.6. The standard InChI is InChI=1S/C19H15FN4O3S/c1-12(26-16-5-3-2-4-15(16)20)18-23-24-19(27-18)28-11-17(25)22-14-8-6-13(10-21)7-9-14/h2-9,12H,11H2,1H3,(H,22,25)/t12-/m1/s1. The molecule has 1 heterocycles. The molecule has 7 nitrogen and oxygen atoms in total. The number of aromatic nitrogens is 2. The zero-order valence-electron chi connectivity index (χ0n) is 14.8. The van der Waals surface area contributed by atoms with Crippen LogP contribution in [0.15, 0.2) is 58.2 Å². The summed E-state index contributed by atoms with van der Waals surface area (Å²) in [6, 6.07) is 14.6. The van der Waals surface area contributed by atoms with E-state index in [1.54, 1.807) is 43.3 Å². The summed E-state index contributed by atoms with van der Waals surface area (Å²) in [5.74, 6) is -0.417. The maximum Gasteiger partial charge on any atom is 0.277 e. The van der Waals surface area contributed by atoms with Crippen LogP contribution in [0.5, 0.6) is 5.75 Å². The molecular formula is C19H15FN4O3S. The lowest BCUT2D eigenvalue weighted by atomic mass is 10.2. The molecule has 0 spiro atoms. The smallest absolute Gasteiger partial charge is 0.277 e. The molecule has 0 unspecified atom stereocenters. The van der Waals surface area contributed by atoms with E-state index < -0.39 is 11.9 Å². The van der Waals surface area contributed by atoms with Crippen molar-refractivity contribution in [2.45, 2.75) is 18.3 Å². The molecule has 3 rings (SSSR count). The molecule has 1 N–H and O–H groups in total. The second kappa shape index (κ2) is 9.01. The highest BCUT2D eigenvalue weighted by Crippen LogP contribution is 2.25. The van der Waals surface area contributed by atoms with Crippen LogP contribution in [-0.4, -0.2) is 21.9 Å². The molecule has 1 atom stereocenters. The fourth-order valence-electron chi connectivity index (χ4n) is 2.18. The third-order valence-corrected chi connectivity index (χ3v) is 4.35. The molecule has 0 aliphatic carbocycles. The molecule has 142 valence electrons. The molecule has 0 fully saturated rings. The minimum absolute atomic E-state index is 0.0597. The summed E-state index contributed by atoms with van der Waals surface area (Å²) in [7, 11) is 0. The normalized spacial score (nSPS) is 11.5. The first-order chi connectivity index (χ1) is 13.5. The Bertz CT molecular complexity index is 1000. The molecule has 1 amide bonds. The van der Waals surface area contributed by atoms with E-state index in [0.29, 0.717) is 11.3 Å². The van der Waals surface area contributed by atoms with E-state index in [9.17, 15) is 9.18 Å². The van der Waals surface area contributed by atoms with Crippen molar-refractivity contribution in [1.29, 1.82) is 5.26 Å². The lowest BCUT2D eigenvalue weighted by Crippen LogP contribution is -2.13. The van der Waals surface area contributed by atoms with E-state index in [2.05, 4.69) is 15.5 Å². The van der Waals surface area contributed by atoms with Gasteiger partial charge in [0.1, 0.15) is 0 Å². The van der Waals surface area contributed by atoms with Crippen molar-refractivity contribution in [3.63, 3.8) is 0 Å². The van der Waals surface area contributed by atoms with E-state index in [-0.39, 0.29) is 28.5 Å². The van der Waals surface area contributed by atoms with Crippen LogP contribution in [0.4, 0.5) is 10.1 Å². The van der Waals surface area contributed by atoms with Crippen LogP contribution >= 0.6 is 11.8 Å². The number of hydrogen-bond acceptors (Lipinski definition) is 7. The number of carbonyl (C=O) groups excluding carboxylic acids is 1. The molecule has 0 aliphatic heterocycles. The summed E-state index contributed by atoms with van der Waals surface area (Å²) in [5, 5.41) is 19.4. The Balaban J connectivity index is 1.51. The van der Waals surface area contributed by atoms with Crippen molar-refractivity contribution < 1.29 is 18.3 Å². The Kier molecular flexibility index (Phi) is 6.24. The van der Waals surface area contributed by atoms with Crippen molar-refractivity contribution in [2.75, 3.05) is 11.1 Å². The molecule has 0 bridgehead atoms. The van der Waals surface area contributed by atoms with Crippen molar-refractivity contribution in [3.05, 3.63) is 65.8 Å². The van der Waals surface area contributed by atoms with Crippen LogP contribution in [0.2, 0.25) is 0 Å². The number of benzene rings is 2. The summed E-state index contributed by atoms with van der Waals surface area (Å²) in [6.07, 6.45) is -0.647. The molecule has 28 heavy (non-hydrogen) atoms. The quantitative estimate of drug-likeness (QED) is 0.601. The average molecular weight is 398 g/mol. The Morgan fingerprint density at radius 3 is 2.75 bits per heavy atom. The molecule has 1 aromatic heterocycles. The Morgan fingerprint density at radius 1 is 1.29 bits per heavy atom.